The van der Waals surface area contributed by atoms with Crippen molar-refractivity contribution in [3.05, 3.63) is 46.3 Å². The highest BCUT2D eigenvalue weighted by molar-refractivity contribution is 5.91. The first kappa shape index (κ1) is 35.3. The fourth-order valence-corrected chi connectivity index (χ4v) is 5.54. The van der Waals surface area contributed by atoms with Gasteiger partial charge in [0.05, 0.1) is 33.5 Å². The molecule has 48 heavy (non-hydrogen) atoms. The van der Waals surface area contributed by atoms with Crippen LogP contribution in [0.5, 0.6) is 23.0 Å². The third kappa shape index (κ3) is 6.39. The Morgan fingerprint density at radius 2 is 1.42 bits per heavy atom. The predicted molar refractivity (Wildman–Crippen MR) is 160 cm³/mol. The van der Waals surface area contributed by atoms with E-state index in [1.165, 1.54) is 33.7 Å². The summed E-state index contributed by atoms with van der Waals surface area (Å²) in [6.07, 6.45) is -17.1. The Kier molecular flexibility index (Phi) is 10.4. The van der Waals surface area contributed by atoms with Crippen LogP contribution in [0.1, 0.15) is 5.56 Å². The van der Waals surface area contributed by atoms with E-state index in [0.29, 0.717) is 22.6 Å². The van der Waals surface area contributed by atoms with E-state index in [1.807, 2.05) is 0 Å². The van der Waals surface area contributed by atoms with Crippen LogP contribution in [0.3, 0.4) is 0 Å². The molecule has 10 atom stereocenters. The van der Waals surface area contributed by atoms with E-state index in [2.05, 4.69) is 0 Å². The molecule has 2 aliphatic rings. The average molecular weight is 681 g/mol. The number of hydrogen-bond donors (Lipinski definition) is 7. The minimum atomic E-state index is -1.96. The summed E-state index contributed by atoms with van der Waals surface area (Å²) in [5.74, 6) is -0.793. The lowest BCUT2D eigenvalue weighted by atomic mass is 9.98. The summed E-state index contributed by atoms with van der Waals surface area (Å²) in [7, 11) is 4.28. The lowest BCUT2D eigenvalue weighted by Gasteiger charge is -2.42. The molecule has 262 valence electrons. The van der Waals surface area contributed by atoms with Crippen LogP contribution in [-0.2, 0) is 19.0 Å². The number of aliphatic carboxylic acids is 1. The second kappa shape index (κ2) is 14.2. The molecule has 0 aliphatic carbocycles. The Morgan fingerprint density at radius 3 is 2.06 bits per heavy atom. The minimum Gasteiger partial charge on any atom is -0.496 e. The van der Waals surface area contributed by atoms with Gasteiger partial charge in [-0.1, -0.05) is 6.07 Å². The first-order valence-corrected chi connectivity index (χ1v) is 14.6. The van der Waals surface area contributed by atoms with Gasteiger partial charge in [-0.3, -0.25) is 4.79 Å². The van der Waals surface area contributed by atoms with Crippen molar-refractivity contribution in [3.8, 4) is 34.1 Å². The highest BCUT2D eigenvalue weighted by atomic mass is 16.7. The Bertz CT molecular complexity index is 1690. The highest BCUT2D eigenvalue weighted by Gasteiger charge is 2.49. The lowest BCUT2D eigenvalue weighted by molar-refractivity contribution is -0.318. The largest absolute Gasteiger partial charge is 0.496 e. The molecular weight excluding hydrogens is 644 g/mol. The predicted octanol–water partition coefficient (Wildman–Crippen LogP) is -1.11. The zero-order valence-corrected chi connectivity index (χ0v) is 26.1. The number of aryl methyl sites for hydroxylation is 1. The van der Waals surface area contributed by atoms with Crippen LogP contribution in [0.2, 0.25) is 0 Å². The zero-order valence-electron chi connectivity index (χ0n) is 26.1. The smallest absolute Gasteiger partial charge is 0.335 e. The van der Waals surface area contributed by atoms with Crippen molar-refractivity contribution < 1.29 is 78.1 Å². The number of hydrogen-bond acceptors (Lipinski definition) is 16. The monoisotopic (exact) mass is 680 g/mol. The topological polar surface area (TPSA) is 253 Å². The number of aliphatic hydroxyl groups is 6. The molecule has 2 aliphatic heterocycles. The summed E-state index contributed by atoms with van der Waals surface area (Å²) in [5, 5.41) is 71.6. The molecular formula is C31H36O17. The number of benzene rings is 2. The van der Waals surface area contributed by atoms with Gasteiger partial charge in [0.2, 0.25) is 11.7 Å². The minimum absolute atomic E-state index is 0.0733. The maximum Gasteiger partial charge on any atom is 0.335 e. The van der Waals surface area contributed by atoms with Gasteiger partial charge in [0.1, 0.15) is 71.5 Å². The van der Waals surface area contributed by atoms with Crippen LogP contribution in [0.25, 0.3) is 22.1 Å². The molecule has 0 saturated carbocycles. The summed E-state index contributed by atoms with van der Waals surface area (Å²) in [6.45, 7) is 0.960. The van der Waals surface area contributed by atoms with Gasteiger partial charge < -0.3 is 73.3 Å². The van der Waals surface area contributed by atoms with Crippen molar-refractivity contribution in [2.24, 2.45) is 0 Å². The molecule has 0 bridgehead atoms. The maximum atomic E-state index is 14.0. The number of carboxylic acid groups (broad SMARTS) is 1. The van der Waals surface area contributed by atoms with E-state index in [-0.39, 0.29) is 28.0 Å². The number of fused-ring (bicyclic) bond motifs is 1. The van der Waals surface area contributed by atoms with Gasteiger partial charge >= 0.3 is 5.97 Å². The second-order valence-electron chi connectivity index (χ2n) is 11.2. The summed E-state index contributed by atoms with van der Waals surface area (Å²) in [5.41, 5.74) is 0.513. The Balaban J connectivity index is 1.46. The Hall–Kier alpha value is -4.04. The first-order chi connectivity index (χ1) is 22.8. The Morgan fingerprint density at radius 1 is 0.771 bits per heavy atom. The van der Waals surface area contributed by atoms with Crippen molar-refractivity contribution in [1.82, 2.24) is 0 Å². The van der Waals surface area contributed by atoms with Crippen LogP contribution in [0, 0.1) is 6.92 Å². The lowest BCUT2D eigenvalue weighted by Crippen LogP contribution is -2.62. The quantitative estimate of drug-likeness (QED) is 0.134. The molecule has 17 heteroatoms. The van der Waals surface area contributed by atoms with Crippen molar-refractivity contribution >= 4 is 16.9 Å². The molecule has 3 heterocycles. The van der Waals surface area contributed by atoms with Crippen molar-refractivity contribution in [2.75, 3.05) is 27.9 Å². The van der Waals surface area contributed by atoms with Crippen LogP contribution < -0.4 is 24.4 Å². The summed E-state index contributed by atoms with van der Waals surface area (Å²) >= 11 is 0. The van der Waals surface area contributed by atoms with Gasteiger partial charge in [-0.15, -0.1) is 0 Å². The van der Waals surface area contributed by atoms with Gasteiger partial charge in [0.15, 0.2) is 23.9 Å². The number of aliphatic hydroxyl groups excluding tert-OH is 6. The molecule has 0 radical (unpaired) electrons. The molecule has 7 N–H and O–H groups in total. The SMILES string of the molecule is COc1ccc(-c2coc3c(C)c(OC)cc(OC4OC(COC5OC(C(=O)O)C(O)C(O)C5O)C(O)C(O)C4O)c3c2=O)cc1OC. The third-order valence-corrected chi connectivity index (χ3v) is 8.28. The third-order valence-electron chi connectivity index (χ3n) is 8.28. The van der Waals surface area contributed by atoms with Crippen molar-refractivity contribution in [1.29, 1.82) is 0 Å². The molecule has 2 aromatic carbocycles. The van der Waals surface area contributed by atoms with E-state index in [0.717, 1.165) is 0 Å². The van der Waals surface area contributed by atoms with Crippen molar-refractivity contribution in [3.63, 3.8) is 0 Å². The highest BCUT2D eigenvalue weighted by Crippen LogP contribution is 2.38. The van der Waals surface area contributed by atoms with Crippen LogP contribution in [0.4, 0.5) is 0 Å². The van der Waals surface area contributed by atoms with E-state index in [9.17, 15) is 45.3 Å². The molecule has 17 nitrogen and oxygen atoms in total. The molecule has 3 aromatic rings. The van der Waals surface area contributed by atoms with Crippen LogP contribution in [-0.4, -0.2) is 131 Å². The molecule has 0 amide bonds. The van der Waals surface area contributed by atoms with Gasteiger partial charge in [0.25, 0.3) is 0 Å². The maximum absolute atomic E-state index is 14.0. The first-order valence-electron chi connectivity index (χ1n) is 14.6. The fraction of sp³-hybridized carbons (Fsp3) is 0.484. The van der Waals surface area contributed by atoms with Gasteiger partial charge in [-0.2, -0.15) is 0 Å². The number of carboxylic acids is 1. The number of methoxy groups -OCH3 is 3. The summed E-state index contributed by atoms with van der Waals surface area (Å²) in [6, 6.07) is 6.17. The van der Waals surface area contributed by atoms with E-state index < -0.39 is 79.4 Å². The van der Waals surface area contributed by atoms with Gasteiger partial charge in [-0.05, 0) is 24.6 Å². The summed E-state index contributed by atoms with van der Waals surface area (Å²) in [4.78, 5) is 25.4. The molecule has 5 rings (SSSR count). The molecule has 0 spiro atoms. The van der Waals surface area contributed by atoms with Gasteiger partial charge in [0, 0.05) is 11.6 Å². The van der Waals surface area contributed by atoms with E-state index in [4.69, 9.17) is 37.6 Å². The Labute approximate surface area is 271 Å². The molecule has 2 saturated heterocycles. The number of ether oxygens (including phenoxy) is 7. The fourth-order valence-electron chi connectivity index (χ4n) is 5.54. The van der Waals surface area contributed by atoms with E-state index >= 15 is 0 Å². The zero-order chi connectivity index (χ0) is 35.0. The van der Waals surface area contributed by atoms with Crippen LogP contribution in [0.15, 0.2) is 39.7 Å². The molecule has 2 fully saturated rings. The number of rotatable bonds is 10. The normalized spacial score (nSPS) is 30.5. The molecule has 1 aromatic heterocycles. The average Bonchev–Trinajstić information content (AvgIpc) is 3.08. The van der Waals surface area contributed by atoms with Crippen LogP contribution >= 0.6 is 0 Å². The summed E-state index contributed by atoms with van der Waals surface area (Å²) < 4.78 is 44.1. The second-order valence-corrected chi connectivity index (χ2v) is 11.2. The number of carbonyl (C=O) groups is 1. The van der Waals surface area contributed by atoms with Crippen molar-refractivity contribution in [2.45, 2.75) is 68.3 Å². The van der Waals surface area contributed by atoms with Gasteiger partial charge in [-0.25, -0.2) is 4.79 Å². The van der Waals surface area contributed by atoms with E-state index in [1.54, 1.807) is 25.1 Å². The molecule has 10 unspecified atom stereocenters. The standard InChI is InChI=1S/C31H36O17/c1-11-15(42-3)8-17(19-20(32)13(9-44-27(11)19)12-5-6-14(41-2)16(7-12)43-4)46-31-26(38)22(34)21(33)18(47-31)10-45-30-25(37)23(35)24(36)28(48-30)29(39)40/h5-9,18,21-26,28,30-31,33-38H,10H2,1-4H3,(H,39,40).